The number of thioether (sulfide) groups is 1. The molecular weight excluding hydrogens is 350 g/mol. The molecule has 2 rings (SSSR count). The maximum atomic E-state index is 12.3. The first-order valence-corrected chi connectivity index (χ1v) is 8.39. The molecule has 0 N–H and O–H groups in total. The number of benzene rings is 2. The van der Waals surface area contributed by atoms with Crippen LogP contribution in [0.5, 0.6) is 5.75 Å². The number of nitrogens with zero attached hydrogens (tertiary/aromatic N) is 1. The fourth-order valence-electron chi connectivity index (χ4n) is 2.22. The molecule has 0 fully saturated rings. The van der Waals surface area contributed by atoms with Crippen LogP contribution in [0.1, 0.15) is 17.9 Å². The average molecular weight is 366 g/mol. The Kier molecular flexibility index (Phi) is 6.63. The van der Waals surface area contributed by atoms with Crippen LogP contribution in [0.2, 0.25) is 5.02 Å². The Morgan fingerprint density at radius 2 is 1.83 bits per heavy atom. The lowest BCUT2D eigenvalue weighted by Crippen LogP contribution is -2.15. The third kappa shape index (κ3) is 5.54. The first-order valence-electron chi connectivity index (χ1n) is 7.20. The summed E-state index contributed by atoms with van der Waals surface area (Å²) in [5, 5.41) is 11.3. The van der Waals surface area contributed by atoms with Gasteiger partial charge in [0.25, 0.3) is 0 Å². The van der Waals surface area contributed by atoms with Crippen molar-refractivity contribution in [1.29, 1.82) is 0 Å². The first-order chi connectivity index (χ1) is 11.5. The Labute approximate surface area is 149 Å². The number of carbonyl (C=O) groups excluding carboxylic acids is 1. The molecule has 126 valence electrons. The van der Waals surface area contributed by atoms with Gasteiger partial charge < -0.3 is 4.74 Å². The minimum absolute atomic E-state index is 0.0826. The maximum absolute atomic E-state index is 12.3. The zero-order valence-corrected chi connectivity index (χ0v) is 14.5. The summed E-state index contributed by atoms with van der Waals surface area (Å²) < 4.78 is 5.07. The molecule has 0 amide bonds. The van der Waals surface area contributed by atoms with Gasteiger partial charge in [0.2, 0.25) is 6.54 Å². The van der Waals surface area contributed by atoms with E-state index < -0.39 is 10.8 Å². The maximum Gasteiger partial charge on any atom is 0.211 e. The molecule has 0 spiro atoms. The number of hydrogen-bond donors (Lipinski definition) is 0. The van der Waals surface area contributed by atoms with Crippen LogP contribution in [0.4, 0.5) is 0 Å². The minimum Gasteiger partial charge on any atom is -0.497 e. The third-order valence-corrected chi connectivity index (χ3v) is 4.57. The molecule has 0 saturated heterocycles. The number of ether oxygens (including phenoxy) is 1. The fraction of sp³-hybridized carbons (Fsp3) is 0.235. The lowest BCUT2D eigenvalue weighted by molar-refractivity contribution is -0.483. The van der Waals surface area contributed by atoms with E-state index in [0.717, 1.165) is 22.2 Å². The van der Waals surface area contributed by atoms with Gasteiger partial charge in [0.05, 0.1) is 13.0 Å². The van der Waals surface area contributed by atoms with E-state index in [2.05, 4.69) is 0 Å². The lowest BCUT2D eigenvalue weighted by Gasteiger charge is -2.12. The predicted octanol–water partition coefficient (Wildman–Crippen LogP) is 4.42. The van der Waals surface area contributed by atoms with E-state index in [1.54, 1.807) is 55.6 Å². The van der Waals surface area contributed by atoms with Crippen LogP contribution in [-0.4, -0.2) is 23.7 Å². The van der Waals surface area contributed by atoms with E-state index in [4.69, 9.17) is 16.3 Å². The quantitative estimate of drug-likeness (QED) is 0.412. The van der Waals surface area contributed by atoms with Gasteiger partial charge in [0.15, 0.2) is 5.12 Å². The zero-order chi connectivity index (χ0) is 17.5. The molecule has 0 heterocycles. The van der Waals surface area contributed by atoms with Crippen LogP contribution < -0.4 is 4.74 Å². The Balaban J connectivity index is 2.05. The van der Waals surface area contributed by atoms with Gasteiger partial charge in [-0.05, 0) is 42.0 Å². The molecule has 0 aliphatic rings. The zero-order valence-electron chi connectivity index (χ0n) is 13.0. The van der Waals surface area contributed by atoms with E-state index >= 15 is 0 Å². The molecule has 2 aromatic carbocycles. The summed E-state index contributed by atoms with van der Waals surface area (Å²) in [6.45, 7) is -0.295. The van der Waals surface area contributed by atoms with Crippen LogP contribution in [0.3, 0.4) is 0 Å². The molecule has 1 atom stereocenters. The van der Waals surface area contributed by atoms with E-state index in [1.807, 2.05) is 0 Å². The van der Waals surface area contributed by atoms with Gasteiger partial charge in [-0.25, -0.2) is 0 Å². The van der Waals surface area contributed by atoms with Gasteiger partial charge in [0, 0.05) is 21.3 Å². The Morgan fingerprint density at radius 1 is 1.21 bits per heavy atom. The summed E-state index contributed by atoms with van der Waals surface area (Å²) >= 11 is 6.92. The second-order valence-electron chi connectivity index (χ2n) is 5.12. The van der Waals surface area contributed by atoms with Crippen LogP contribution in [0, 0.1) is 10.1 Å². The highest BCUT2D eigenvalue weighted by Crippen LogP contribution is 2.28. The normalized spacial score (nSPS) is 11.8. The summed E-state index contributed by atoms with van der Waals surface area (Å²) in [6.07, 6.45) is 0.0826. The SMILES string of the molecule is COc1ccc(SC(=O)C[C@@H](C[N+](=O)[O-])c2ccc(Cl)cc2)cc1. The highest BCUT2D eigenvalue weighted by atomic mass is 35.5. The molecule has 0 aliphatic carbocycles. The van der Waals surface area contributed by atoms with Crippen LogP contribution in [0.15, 0.2) is 53.4 Å². The van der Waals surface area contributed by atoms with Crippen molar-refractivity contribution in [2.75, 3.05) is 13.7 Å². The smallest absolute Gasteiger partial charge is 0.211 e. The second kappa shape index (κ2) is 8.70. The van der Waals surface area contributed by atoms with Crippen LogP contribution in [-0.2, 0) is 4.79 Å². The third-order valence-electron chi connectivity index (χ3n) is 3.42. The van der Waals surface area contributed by atoms with Crippen LogP contribution in [0.25, 0.3) is 0 Å². The summed E-state index contributed by atoms with van der Waals surface area (Å²) in [4.78, 5) is 23.6. The van der Waals surface area contributed by atoms with Crippen molar-refractivity contribution in [2.24, 2.45) is 0 Å². The van der Waals surface area contributed by atoms with Crippen molar-refractivity contribution < 1.29 is 14.5 Å². The van der Waals surface area contributed by atoms with Crippen molar-refractivity contribution in [1.82, 2.24) is 0 Å². The van der Waals surface area contributed by atoms with Crippen molar-refractivity contribution in [3.8, 4) is 5.75 Å². The molecule has 5 nitrogen and oxygen atoms in total. The lowest BCUT2D eigenvalue weighted by atomic mass is 9.96. The topological polar surface area (TPSA) is 69.4 Å². The van der Waals surface area contributed by atoms with E-state index in [1.165, 1.54) is 0 Å². The average Bonchev–Trinajstić information content (AvgIpc) is 2.55. The molecule has 0 bridgehead atoms. The Morgan fingerprint density at radius 3 is 2.38 bits per heavy atom. The van der Waals surface area contributed by atoms with Crippen molar-refractivity contribution in [2.45, 2.75) is 17.2 Å². The molecule has 2 aromatic rings. The number of carbonyl (C=O) groups is 1. The predicted molar refractivity (Wildman–Crippen MR) is 94.5 cm³/mol. The van der Waals surface area contributed by atoms with Gasteiger partial charge in [-0.1, -0.05) is 35.5 Å². The monoisotopic (exact) mass is 365 g/mol. The van der Waals surface area contributed by atoms with Gasteiger partial charge in [-0.2, -0.15) is 0 Å². The van der Waals surface area contributed by atoms with Gasteiger partial charge >= 0.3 is 0 Å². The fourth-order valence-corrected chi connectivity index (χ4v) is 3.17. The van der Waals surface area contributed by atoms with Crippen molar-refractivity contribution >= 4 is 28.5 Å². The number of halogens is 1. The van der Waals surface area contributed by atoms with Crippen molar-refractivity contribution in [3.63, 3.8) is 0 Å². The molecular formula is C17H16ClNO4S. The number of nitro groups is 1. The molecule has 0 aliphatic heterocycles. The summed E-state index contributed by atoms with van der Waals surface area (Å²) in [6, 6.07) is 13.9. The van der Waals surface area contributed by atoms with E-state index in [0.29, 0.717) is 10.8 Å². The molecule has 7 heteroatoms. The standard InChI is InChI=1S/C17H16ClNO4S/c1-23-15-6-8-16(9-7-15)24-17(20)10-13(11-19(21)22)12-2-4-14(18)5-3-12/h2-9,13H,10-11H2,1H3/t13-/m0/s1. The minimum atomic E-state index is -0.476. The molecule has 0 unspecified atom stereocenters. The van der Waals surface area contributed by atoms with E-state index in [-0.39, 0.29) is 18.1 Å². The number of hydrogen-bond acceptors (Lipinski definition) is 5. The van der Waals surface area contributed by atoms with E-state index in [9.17, 15) is 14.9 Å². The Hall–Kier alpha value is -2.05. The summed E-state index contributed by atoms with van der Waals surface area (Å²) in [5.74, 6) is 0.231. The number of methoxy groups -OCH3 is 1. The molecule has 0 aromatic heterocycles. The molecule has 0 saturated carbocycles. The summed E-state index contributed by atoms with van der Waals surface area (Å²) in [5.41, 5.74) is 0.736. The first kappa shape index (κ1) is 18.3. The molecule has 24 heavy (non-hydrogen) atoms. The van der Waals surface area contributed by atoms with Crippen LogP contribution >= 0.6 is 23.4 Å². The molecule has 0 radical (unpaired) electrons. The second-order valence-corrected chi connectivity index (χ2v) is 6.68. The Bertz CT molecular complexity index is 704. The van der Waals surface area contributed by atoms with Gasteiger partial charge in [-0.15, -0.1) is 0 Å². The van der Waals surface area contributed by atoms with Gasteiger partial charge in [-0.3, -0.25) is 14.9 Å². The van der Waals surface area contributed by atoms with Gasteiger partial charge in [0.1, 0.15) is 5.75 Å². The largest absolute Gasteiger partial charge is 0.497 e. The van der Waals surface area contributed by atoms with Crippen molar-refractivity contribution in [3.05, 3.63) is 69.2 Å². The highest BCUT2D eigenvalue weighted by Gasteiger charge is 2.22. The summed E-state index contributed by atoms with van der Waals surface area (Å²) in [7, 11) is 1.57. The highest BCUT2D eigenvalue weighted by molar-refractivity contribution is 8.13. The number of rotatable bonds is 7.